The van der Waals surface area contributed by atoms with Crippen LogP contribution in [0.1, 0.15) is 37.6 Å². The van der Waals surface area contributed by atoms with Crippen molar-refractivity contribution in [1.82, 2.24) is 10.3 Å². The molecule has 0 unspecified atom stereocenters. The van der Waals surface area contributed by atoms with Crippen LogP contribution in [0.4, 0.5) is 0 Å². The molecule has 0 amide bonds. The average Bonchev–Trinajstić information content (AvgIpc) is 2.75. The molecule has 0 aliphatic carbocycles. The highest BCUT2D eigenvalue weighted by atomic mass is 16.6. The van der Waals surface area contributed by atoms with Crippen LogP contribution in [0.3, 0.4) is 0 Å². The first-order valence-corrected chi connectivity index (χ1v) is 6.78. The van der Waals surface area contributed by atoms with Gasteiger partial charge in [-0.15, -0.1) is 0 Å². The molecule has 0 atom stereocenters. The van der Waals surface area contributed by atoms with Crippen LogP contribution in [-0.2, 0) is 12.0 Å². The normalized spacial score (nSPS) is 11.7. The van der Waals surface area contributed by atoms with E-state index in [2.05, 4.69) is 43.2 Å². The van der Waals surface area contributed by atoms with Crippen LogP contribution < -0.4 is 10.1 Å². The molecule has 1 aromatic carbocycles. The molecule has 0 radical (unpaired) electrons. The Bertz CT molecular complexity index is 582. The number of hydrogen-bond donors (Lipinski definition) is 1. The molecule has 2 aromatic rings. The van der Waals surface area contributed by atoms with Gasteiger partial charge in [0.15, 0.2) is 0 Å². The molecule has 4 nitrogen and oxygen atoms in total. The Morgan fingerprint density at radius 2 is 2.05 bits per heavy atom. The van der Waals surface area contributed by atoms with Gasteiger partial charge in [0.05, 0.1) is 5.69 Å². The number of rotatable bonds is 4. The maximum atomic E-state index is 5.84. The number of oxazole rings is 1. The van der Waals surface area contributed by atoms with Crippen molar-refractivity contribution in [3.05, 3.63) is 41.3 Å². The van der Waals surface area contributed by atoms with Gasteiger partial charge in [-0.1, -0.05) is 32.9 Å². The van der Waals surface area contributed by atoms with Crippen LogP contribution >= 0.6 is 0 Å². The van der Waals surface area contributed by atoms with Gasteiger partial charge in [0.1, 0.15) is 12.0 Å². The van der Waals surface area contributed by atoms with E-state index in [-0.39, 0.29) is 11.5 Å². The van der Waals surface area contributed by atoms with Crippen LogP contribution in [0.5, 0.6) is 11.8 Å². The van der Waals surface area contributed by atoms with Gasteiger partial charge in [-0.3, -0.25) is 0 Å². The minimum atomic E-state index is 0.00340. The zero-order chi connectivity index (χ0) is 14.8. The smallest absolute Gasteiger partial charge is 0.399 e. The summed E-state index contributed by atoms with van der Waals surface area (Å²) in [5.41, 5.74) is 3.11. The molecule has 0 aliphatic heterocycles. The number of hydrogen-bond acceptors (Lipinski definition) is 4. The second kappa shape index (κ2) is 5.67. The van der Waals surface area contributed by atoms with E-state index in [1.165, 1.54) is 0 Å². The molecule has 108 valence electrons. The lowest BCUT2D eigenvalue weighted by atomic mass is 9.86. The Hall–Kier alpha value is -1.81. The number of aryl methyl sites for hydroxylation is 1. The number of nitrogens with zero attached hydrogens (tertiary/aromatic N) is 1. The summed E-state index contributed by atoms with van der Waals surface area (Å²) in [5, 5.41) is 3.03. The van der Waals surface area contributed by atoms with E-state index in [0.717, 1.165) is 22.6 Å². The van der Waals surface area contributed by atoms with Crippen LogP contribution in [0, 0.1) is 6.92 Å². The molecular weight excluding hydrogens is 252 g/mol. The van der Waals surface area contributed by atoms with Crippen LogP contribution in [-0.4, -0.2) is 12.0 Å². The number of nitrogens with one attached hydrogen (secondary N) is 1. The number of ether oxygens (including phenoxy) is 1. The average molecular weight is 274 g/mol. The van der Waals surface area contributed by atoms with Crippen LogP contribution in [0.25, 0.3) is 0 Å². The van der Waals surface area contributed by atoms with Crippen molar-refractivity contribution in [3.8, 4) is 11.8 Å². The highest BCUT2D eigenvalue weighted by Crippen LogP contribution is 2.34. The fourth-order valence-corrected chi connectivity index (χ4v) is 2.03. The second-order valence-electron chi connectivity index (χ2n) is 5.99. The lowest BCUT2D eigenvalue weighted by Gasteiger charge is -2.22. The van der Waals surface area contributed by atoms with Gasteiger partial charge < -0.3 is 14.5 Å². The van der Waals surface area contributed by atoms with E-state index in [9.17, 15) is 0 Å². The summed E-state index contributed by atoms with van der Waals surface area (Å²) in [5.74, 6) is 0.801. The summed E-state index contributed by atoms with van der Waals surface area (Å²) in [6.45, 7) is 9.18. The predicted octanol–water partition coefficient (Wildman–Crippen LogP) is 3.79. The van der Waals surface area contributed by atoms with Crippen molar-refractivity contribution in [1.29, 1.82) is 0 Å². The Morgan fingerprint density at radius 3 is 2.70 bits per heavy atom. The van der Waals surface area contributed by atoms with Crippen molar-refractivity contribution in [2.24, 2.45) is 0 Å². The molecule has 20 heavy (non-hydrogen) atoms. The Morgan fingerprint density at radius 1 is 1.30 bits per heavy atom. The highest BCUT2D eigenvalue weighted by molar-refractivity contribution is 5.42. The van der Waals surface area contributed by atoms with E-state index < -0.39 is 0 Å². The molecule has 0 bridgehead atoms. The Kier molecular flexibility index (Phi) is 4.14. The molecule has 1 heterocycles. The first-order valence-electron chi connectivity index (χ1n) is 6.78. The van der Waals surface area contributed by atoms with E-state index in [4.69, 9.17) is 9.15 Å². The zero-order valence-corrected chi connectivity index (χ0v) is 12.8. The number of aromatic nitrogens is 1. The maximum Gasteiger partial charge on any atom is 0.399 e. The molecule has 0 aliphatic rings. The third-order valence-electron chi connectivity index (χ3n) is 3.03. The summed E-state index contributed by atoms with van der Waals surface area (Å²) < 4.78 is 11.2. The predicted molar refractivity (Wildman–Crippen MR) is 79.2 cm³/mol. The molecule has 2 rings (SSSR count). The summed E-state index contributed by atoms with van der Waals surface area (Å²) >= 11 is 0. The minimum Gasteiger partial charge on any atom is -0.417 e. The van der Waals surface area contributed by atoms with Crippen molar-refractivity contribution in [2.75, 3.05) is 7.05 Å². The van der Waals surface area contributed by atoms with Gasteiger partial charge in [0, 0.05) is 12.1 Å². The van der Waals surface area contributed by atoms with E-state index in [1.54, 1.807) is 6.26 Å². The van der Waals surface area contributed by atoms with E-state index in [1.807, 2.05) is 20.0 Å². The summed E-state index contributed by atoms with van der Waals surface area (Å²) in [6, 6.07) is 6.21. The Labute approximate surface area is 120 Å². The van der Waals surface area contributed by atoms with Gasteiger partial charge in [0.25, 0.3) is 0 Å². The van der Waals surface area contributed by atoms with Gasteiger partial charge in [-0.25, -0.2) is 0 Å². The first kappa shape index (κ1) is 14.6. The molecule has 0 saturated carbocycles. The fourth-order valence-electron chi connectivity index (χ4n) is 2.03. The van der Waals surface area contributed by atoms with Crippen LogP contribution in [0.15, 0.2) is 28.9 Å². The van der Waals surface area contributed by atoms with Crippen molar-refractivity contribution < 1.29 is 9.15 Å². The molecule has 4 heteroatoms. The summed E-state index contributed by atoms with van der Waals surface area (Å²) in [4.78, 5) is 4.30. The molecule has 0 saturated heterocycles. The monoisotopic (exact) mass is 274 g/mol. The van der Waals surface area contributed by atoms with E-state index >= 15 is 0 Å². The summed E-state index contributed by atoms with van der Waals surface area (Å²) in [7, 11) is 1.87. The molecule has 0 fully saturated rings. The second-order valence-corrected chi connectivity index (χ2v) is 5.99. The SMILES string of the molecule is CNCc1coc(Oc2cc(C)ccc2C(C)(C)C)n1. The standard InChI is InChI=1S/C16H22N2O2/c1-11-6-7-13(16(2,3)4)14(8-11)20-15-18-12(9-17-5)10-19-15/h6-8,10,17H,9H2,1-5H3. The van der Waals surface area contributed by atoms with Crippen LogP contribution in [0.2, 0.25) is 0 Å². The summed E-state index contributed by atoms with van der Waals surface area (Å²) in [6.07, 6.45) is 1.89. The molecule has 1 N–H and O–H groups in total. The van der Waals surface area contributed by atoms with Crippen molar-refractivity contribution in [3.63, 3.8) is 0 Å². The third-order valence-corrected chi connectivity index (χ3v) is 3.03. The van der Waals surface area contributed by atoms with E-state index in [0.29, 0.717) is 6.54 Å². The van der Waals surface area contributed by atoms with Gasteiger partial charge >= 0.3 is 6.08 Å². The largest absolute Gasteiger partial charge is 0.417 e. The minimum absolute atomic E-state index is 0.00340. The molecule has 0 spiro atoms. The molecule has 1 aromatic heterocycles. The quantitative estimate of drug-likeness (QED) is 0.921. The highest BCUT2D eigenvalue weighted by Gasteiger charge is 2.20. The first-order chi connectivity index (χ1) is 9.40. The lowest BCUT2D eigenvalue weighted by molar-refractivity contribution is 0.324. The number of benzene rings is 1. The fraction of sp³-hybridized carbons (Fsp3) is 0.438. The van der Waals surface area contributed by atoms with Crippen molar-refractivity contribution in [2.45, 2.75) is 39.7 Å². The topological polar surface area (TPSA) is 47.3 Å². The maximum absolute atomic E-state index is 5.84. The zero-order valence-electron chi connectivity index (χ0n) is 12.8. The third kappa shape index (κ3) is 3.39. The lowest BCUT2D eigenvalue weighted by Crippen LogP contribution is -2.12. The van der Waals surface area contributed by atoms with Crippen molar-refractivity contribution >= 4 is 0 Å². The molecular formula is C16H22N2O2. The van der Waals surface area contributed by atoms with Gasteiger partial charge in [0.2, 0.25) is 0 Å². The van der Waals surface area contributed by atoms with Gasteiger partial charge in [-0.05, 0) is 31.0 Å². The van der Waals surface area contributed by atoms with Gasteiger partial charge in [-0.2, -0.15) is 4.98 Å². The Balaban J connectivity index is 2.29.